The van der Waals surface area contributed by atoms with Gasteiger partial charge in [-0.15, -0.1) is 10.2 Å². The molecule has 0 bridgehead atoms. The van der Waals surface area contributed by atoms with Crippen molar-refractivity contribution in [3.63, 3.8) is 0 Å². The molecule has 1 aromatic carbocycles. The van der Waals surface area contributed by atoms with Crippen LogP contribution in [0.1, 0.15) is 41.8 Å². The molecule has 12 heteroatoms. The van der Waals surface area contributed by atoms with Crippen LogP contribution < -0.4 is 10.4 Å². The number of rotatable bonds is 7. The van der Waals surface area contributed by atoms with Crippen molar-refractivity contribution in [3.05, 3.63) is 76.0 Å². The summed E-state index contributed by atoms with van der Waals surface area (Å²) < 4.78 is 58.3. The normalized spacial score (nSPS) is 19.6. The second kappa shape index (κ2) is 9.18. The number of pyridine rings is 1. The molecule has 7 rings (SSSR count). The third-order valence-corrected chi connectivity index (χ3v) is 9.09. The number of hydrogen-bond donors (Lipinski definition) is 0. The maximum Gasteiger partial charge on any atom is 0.418 e. The molecule has 0 radical (unpaired) electrons. The quantitative estimate of drug-likeness (QED) is 0.338. The number of benzene rings is 1. The lowest BCUT2D eigenvalue weighted by atomic mass is 9.75. The lowest BCUT2D eigenvalue weighted by Gasteiger charge is -2.42. The topological polar surface area (TPSA) is 78.8 Å². The smallest absolute Gasteiger partial charge is 0.418 e. The van der Waals surface area contributed by atoms with Crippen LogP contribution >= 0.6 is 0 Å². The lowest BCUT2D eigenvalue weighted by molar-refractivity contribution is -0.136. The number of hydrogen-bond acceptors (Lipinski definition) is 6. The molecular weight excluding hydrogens is 537 g/mol. The van der Waals surface area contributed by atoms with Crippen LogP contribution in [0.5, 0.6) is 5.75 Å². The van der Waals surface area contributed by atoms with Crippen molar-refractivity contribution in [1.82, 2.24) is 28.6 Å². The highest BCUT2D eigenvalue weighted by molar-refractivity contribution is 5.58. The van der Waals surface area contributed by atoms with E-state index in [0.717, 1.165) is 35.3 Å². The molecule has 2 aliphatic heterocycles. The number of ether oxygens (including phenoxy) is 2. The first-order chi connectivity index (χ1) is 19.6. The number of nitrogens with zero attached hydrogens (tertiary/aromatic N) is 6. The van der Waals surface area contributed by atoms with Gasteiger partial charge < -0.3 is 14.0 Å². The van der Waals surface area contributed by atoms with Gasteiger partial charge in [0.25, 0.3) is 0 Å². The zero-order chi connectivity index (χ0) is 28.6. The SMILES string of the molecule is COc1cc(-n2cc3c(C(F)(F)F)cc(CN4CCC5(CC5)C4)cn3c2=O)cc(C2(Cc3nncn3C)COC2)c1. The monoisotopic (exact) mass is 568 g/mol. The summed E-state index contributed by atoms with van der Waals surface area (Å²) in [6.45, 7) is 3.00. The van der Waals surface area contributed by atoms with Gasteiger partial charge in [-0.3, -0.25) is 13.9 Å². The molecule has 9 nitrogen and oxygen atoms in total. The zero-order valence-corrected chi connectivity index (χ0v) is 22.9. The maximum absolute atomic E-state index is 14.3. The van der Waals surface area contributed by atoms with Crippen LogP contribution in [0.2, 0.25) is 0 Å². The Morgan fingerprint density at radius 2 is 1.90 bits per heavy atom. The largest absolute Gasteiger partial charge is 0.497 e. The second-order valence-electron chi connectivity index (χ2n) is 12.0. The average molecular weight is 569 g/mol. The maximum atomic E-state index is 14.3. The van der Waals surface area contributed by atoms with E-state index in [1.807, 2.05) is 23.7 Å². The summed E-state index contributed by atoms with van der Waals surface area (Å²) in [6, 6.07) is 6.56. The fourth-order valence-corrected chi connectivity index (χ4v) is 6.39. The van der Waals surface area contributed by atoms with E-state index >= 15 is 0 Å². The van der Waals surface area contributed by atoms with Crippen molar-refractivity contribution in [1.29, 1.82) is 0 Å². The Balaban J connectivity index is 1.31. The van der Waals surface area contributed by atoms with Crippen molar-refractivity contribution in [2.45, 2.75) is 43.8 Å². The molecule has 41 heavy (non-hydrogen) atoms. The Morgan fingerprint density at radius 3 is 2.51 bits per heavy atom. The van der Waals surface area contributed by atoms with E-state index in [4.69, 9.17) is 9.47 Å². The molecule has 0 amide bonds. The van der Waals surface area contributed by atoms with Crippen molar-refractivity contribution in [3.8, 4) is 11.4 Å². The standard InChI is InChI=1S/C29H31F3N6O3/c1-35-18-33-34-25(35)11-28(16-41-17-28)20-8-21(10-22(9-20)40-2)37-14-24-23(29(30,31)32)7-19(13-38(24)26(37)39)12-36-6-5-27(15-36)3-4-27/h7-10,13-14,18H,3-6,11-12,15-17H2,1-2H3. The molecule has 5 heterocycles. The Kier molecular flexibility index (Phi) is 5.88. The highest BCUT2D eigenvalue weighted by Gasteiger charge is 2.47. The molecule has 4 aromatic rings. The van der Waals surface area contributed by atoms with Crippen molar-refractivity contribution in [2.75, 3.05) is 33.4 Å². The molecule has 1 aliphatic carbocycles. The Morgan fingerprint density at radius 1 is 1.10 bits per heavy atom. The first-order valence-corrected chi connectivity index (χ1v) is 13.7. The first-order valence-electron chi connectivity index (χ1n) is 13.7. The average Bonchev–Trinajstić information content (AvgIpc) is 3.19. The molecule has 216 valence electrons. The molecule has 0 atom stereocenters. The van der Waals surface area contributed by atoms with Gasteiger partial charge in [0.2, 0.25) is 0 Å². The first kappa shape index (κ1) is 26.3. The van der Waals surface area contributed by atoms with Crippen LogP contribution in [-0.2, 0) is 36.3 Å². The van der Waals surface area contributed by atoms with Gasteiger partial charge in [-0.25, -0.2) is 4.79 Å². The molecule has 1 spiro atoms. The predicted molar refractivity (Wildman–Crippen MR) is 143 cm³/mol. The lowest BCUT2D eigenvalue weighted by Crippen LogP contribution is -2.49. The number of methoxy groups -OCH3 is 1. The van der Waals surface area contributed by atoms with Crippen molar-refractivity contribution >= 4 is 5.52 Å². The van der Waals surface area contributed by atoms with Crippen LogP contribution in [0.3, 0.4) is 0 Å². The molecule has 0 N–H and O–H groups in total. The van der Waals surface area contributed by atoms with Crippen LogP contribution in [0, 0.1) is 5.41 Å². The second-order valence-corrected chi connectivity index (χ2v) is 12.0. The molecular formula is C29H31F3N6O3. The predicted octanol–water partition coefficient (Wildman–Crippen LogP) is 3.74. The summed E-state index contributed by atoms with van der Waals surface area (Å²) in [5.41, 5.74) is 0.0896. The third kappa shape index (κ3) is 4.53. The highest BCUT2D eigenvalue weighted by Crippen LogP contribution is 2.52. The Bertz CT molecular complexity index is 1700. The fourth-order valence-electron chi connectivity index (χ4n) is 6.39. The van der Waals surface area contributed by atoms with Crippen molar-refractivity contribution < 1.29 is 22.6 Å². The van der Waals surface area contributed by atoms with E-state index in [9.17, 15) is 18.0 Å². The van der Waals surface area contributed by atoms with Gasteiger partial charge in [-0.1, -0.05) is 0 Å². The fraction of sp³-hybridized carbons (Fsp3) is 0.483. The summed E-state index contributed by atoms with van der Waals surface area (Å²) in [7, 11) is 3.39. The van der Waals surface area contributed by atoms with E-state index in [-0.39, 0.29) is 5.52 Å². The summed E-state index contributed by atoms with van der Waals surface area (Å²) in [5, 5.41) is 8.20. The van der Waals surface area contributed by atoms with E-state index in [1.165, 1.54) is 36.8 Å². The van der Waals surface area contributed by atoms with Gasteiger partial charge in [0, 0.05) is 50.4 Å². The minimum absolute atomic E-state index is 0.184. The minimum Gasteiger partial charge on any atom is -0.497 e. The number of alkyl halides is 3. The van der Waals surface area contributed by atoms with E-state index in [1.54, 1.807) is 18.6 Å². The van der Waals surface area contributed by atoms with Crippen LogP contribution in [0.15, 0.2) is 47.8 Å². The molecule has 0 unspecified atom stereocenters. The van der Waals surface area contributed by atoms with Crippen LogP contribution in [0.4, 0.5) is 13.2 Å². The number of fused-ring (bicyclic) bond motifs is 1. The Hall–Kier alpha value is -3.64. The summed E-state index contributed by atoms with van der Waals surface area (Å²) >= 11 is 0. The van der Waals surface area contributed by atoms with Gasteiger partial charge in [0.1, 0.15) is 17.9 Å². The van der Waals surface area contributed by atoms with Gasteiger partial charge in [0.05, 0.1) is 37.1 Å². The van der Waals surface area contributed by atoms with E-state index in [2.05, 4.69) is 15.1 Å². The zero-order valence-electron chi connectivity index (χ0n) is 22.9. The summed E-state index contributed by atoms with van der Waals surface area (Å²) in [5.74, 6) is 1.26. The number of imidazole rings is 1. The van der Waals surface area contributed by atoms with Crippen LogP contribution in [-0.4, -0.2) is 62.0 Å². The number of aromatic nitrogens is 5. The molecule has 2 saturated heterocycles. The van der Waals surface area contributed by atoms with Gasteiger partial charge in [0.15, 0.2) is 0 Å². The van der Waals surface area contributed by atoms with Gasteiger partial charge in [-0.05, 0) is 60.5 Å². The molecule has 3 aromatic heterocycles. The minimum atomic E-state index is -4.62. The molecule has 3 aliphatic rings. The number of likely N-dealkylation sites (tertiary alicyclic amines) is 1. The van der Waals surface area contributed by atoms with E-state index < -0.39 is 22.8 Å². The van der Waals surface area contributed by atoms with Crippen LogP contribution in [0.25, 0.3) is 11.2 Å². The summed E-state index contributed by atoms with van der Waals surface area (Å²) in [6.07, 6.45) is 3.84. The molecule has 1 saturated carbocycles. The molecule has 3 fully saturated rings. The van der Waals surface area contributed by atoms with E-state index in [0.29, 0.717) is 48.6 Å². The summed E-state index contributed by atoms with van der Waals surface area (Å²) in [4.78, 5) is 15.9. The van der Waals surface area contributed by atoms with Crippen molar-refractivity contribution in [2.24, 2.45) is 12.5 Å². The highest BCUT2D eigenvalue weighted by atomic mass is 19.4. The van der Waals surface area contributed by atoms with Gasteiger partial charge >= 0.3 is 11.9 Å². The number of aryl methyl sites for hydroxylation is 1. The van der Waals surface area contributed by atoms with Gasteiger partial charge in [-0.2, -0.15) is 13.2 Å². The Labute approximate surface area is 234 Å². The number of halogens is 3. The third-order valence-electron chi connectivity index (χ3n) is 9.09.